The second kappa shape index (κ2) is 5.68. The molecule has 1 saturated carbocycles. The molecule has 9 heteroatoms. The van der Waals surface area contributed by atoms with Crippen LogP contribution in [0.3, 0.4) is 0 Å². The van der Waals surface area contributed by atoms with Crippen LogP contribution in [0.5, 0.6) is 0 Å². The fourth-order valence-electron chi connectivity index (χ4n) is 3.01. The lowest BCUT2D eigenvalue weighted by Crippen LogP contribution is -2.41. The number of carbonyl (C=O) groups is 1. The number of fused-ring (bicyclic) bond motifs is 1. The summed E-state index contributed by atoms with van der Waals surface area (Å²) in [5, 5.41) is 20.9. The molecule has 124 valence electrons. The van der Waals surface area contributed by atoms with Crippen LogP contribution in [0.25, 0.3) is 5.78 Å². The van der Waals surface area contributed by atoms with E-state index in [9.17, 15) is 9.90 Å². The maximum atomic E-state index is 12.6. The molecule has 3 aromatic heterocycles. The van der Waals surface area contributed by atoms with Crippen LogP contribution in [-0.2, 0) is 7.05 Å². The average molecular weight is 327 g/mol. The third kappa shape index (κ3) is 2.62. The van der Waals surface area contributed by atoms with Gasteiger partial charge in [0.15, 0.2) is 0 Å². The van der Waals surface area contributed by atoms with Crippen molar-refractivity contribution >= 4 is 11.7 Å². The van der Waals surface area contributed by atoms with E-state index in [0.717, 1.165) is 5.56 Å². The SMILES string of the molecule is Cn1cc([C@@H](NC(=O)c2nc3ncccn3n2)C2CC(O)C2)cn1. The zero-order chi connectivity index (χ0) is 16.7. The molecule has 2 N–H and O–H groups in total. The van der Waals surface area contributed by atoms with Crippen molar-refractivity contribution in [1.29, 1.82) is 0 Å². The molecule has 3 aromatic rings. The third-order valence-electron chi connectivity index (χ3n) is 4.31. The van der Waals surface area contributed by atoms with Crippen molar-refractivity contribution in [3.05, 3.63) is 42.2 Å². The van der Waals surface area contributed by atoms with Crippen LogP contribution in [0.4, 0.5) is 0 Å². The quantitative estimate of drug-likeness (QED) is 0.703. The van der Waals surface area contributed by atoms with Crippen molar-refractivity contribution in [2.24, 2.45) is 13.0 Å². The smallest absolute Gasteiger partial charge is 0.291 e. The van der Waals surface area contributed by atoms with Crippen LogP contribution in [0.1, 0.15) is 35.1 Å². The summed E-state index contributed by atoms with van der Waals surface area (Å²) in [6, 6.07) is 1.49. The van der Waals surface area contributed by atoms with Crippen molar-refractivity contribution in [2.45, 2.75) is 25.0 Å². The highest BCUT2D eigenvalue weighted by Crippen LogP contribution is 2.38. The minimum absolute atomic E-state index is 0.0717. The number of nitrogens with one attached hydrogen (secondary N) is 1. The maximum absolute atomic E-state index is 12.6. The van der Waals surface area contributed by atoms with Crippen LogP contribution in [0.2, 0.25) is 0 Å². The second-order valence-electron chi connectivity index (χ2n) is 6.08. The molecular weight excluding hydrogens is 310 g/mol. The number of aryl methyl sites for hydroxylation is 1. The van der Waals surface area contributed by atoms with Gasteiger partial charge < -0.3 is 10.4 Å². The Morgan fingerprint density at radius 1 is 1.46 bits per heavy atom. The van der Waals surface area contributed by atoms with Crippen LogP contribution in [0, 0.1) is 5.92 Å². The molecule has 24 heavy (non-hydrogen) atoms. The molecule has 0 aliphatic heterocycles. The van der Waals surface area contributed by atoms with E-state index in [1.165, 1.54) is 4.52 Å². The van der Waals surface area contributed by atoms with Crippen molar-refractivity contribution in [1.82, 2.24) is 34.7 Å². The number of hydrogen-bond acceptors (Lipinski definition) is 6. The first-order valence-corrected chi connectivity index (χ1v) is 7.75. The van der Waals surface area contributed by atoms with Crippen LogP contribution < -0.4 is 5.32 Å². The normalized spacial score (nSPS) is 21.4. The molecule has 1 amide bonds. The van der Waals surface area contributed by atoms with Gasteiger partial charge in [-0.15, -0.1) is 5.10 Å². The van der Waals surface area contributed by atoms with E-state index in [1.807, 2.05) is 13.2 Å². The number of aliphatic hydroxyl groups excluding tert-OH is 1. The van der Waals surface area contributed by atoms with Crippen LogP contribution >= 0.6 is 0 Å². The predicted molar refractivity (Wildman–Crippen MR) is 82.9 cm³/mol. The number of carbonyl (C=O) groups excluding carboxylic acids is 1. The molecule has 9 nitrogen and oxygen atoms in total. The molecular formula is C15H17N7O2. The predicted octanol–water partition coefficient (Wildman–Crippen LogP) is 0.0998. The highest BCUT2D eigenvalue weighted by atomic mass is 16.3. The molecule has 0 aromatic carbocycles. The average Bonchev–Trinajstić information content (AvgIpc) is 3.15. The lowest BCUT2D eigenvalue weighted by atomic mass is 9.75. The van der Waals surface area contributed by atoms with Gasteiger partial charge in [0.25, 0.3) is 11.7 Å². The van der Waals surface area contributed by atoms with Gasteiger partial charge in [0.05, 0.1) is 18.3 Å². The molecule has 0 spiro atoms. The Morgan fingerprint density at radius 3 is 2.96 bits per heavy atom. The molecule has 1 fully saturated rings. The summed E-state index contributed by atoms with van der Waals surface area (Å²) in [6.07, 6.45) is 7.89. The fraction of sp³-hybridized carbons (Fsp3) is 0.400. The Kier molecular flexibility index (Phi) is 3.49. The minimum atomic E-state index is -0.365. The van der Waals surface area contributed by atoms with Crippen LogP contribution in [-0.4, -0.2) is 46.5 Å². The van der Waals surface area contributed by atoms with Gasteiger partial charge in [-0.1, -0.05) is 0 Å². The summed E-state index contributed by atoms with van der Waals surface area (Å²) in [7, 11) is 1.83. The first-order valence-electron chi connectivity index (χ1n) is 7.75. The van der Waals surface area contributed by atoms with Gasteiger partial charge in [-0.3, -0.25) is 9.48 Å². The van der Waals surface area contributed by atoms with Crippen molar-refractivity contribution < 1.29 is 9.90 Å². The van der Waals surface area contributed by atoms with Gasteiger partial charge >= 0.3 is 0 Å². The lowest BCUT2D eigenvalue weighted by molar-refractivity contribution is 0.0234. The fourth-order valence-corrected chi connectivity index (χ4v) is 3.01. The molecule has 0 radical (unpaired) electrons. The molecule has 1 aliphatic carbocycles. The number of hydrogen-bond donors (Lipinski definition) is 2. The summed E-state index contributed by atoms with van der Waals surface area (Å²) >= 11 is 0. The van der Waals surface area contributed by atoms with E-state index >= 15 is 0 Å². The number of amides is 1. The summed E-state index contributed by atoms with van der Waals surface area (Å²) in [4.78, 5) is 20.8. The summed E-state index contributed by atoms with van der Waals surface area (Å²) in [6.45, 7) is 0. The van der Waals surface area contributed by atoms with E-state index in [1.54, 1.807) is 29.3 Å². The largest absolute Gasteiger partial charge is 0.393 e. The van der Waals surface area contributed by atoms with Crippen LogP contribution in [0.15, 0.2) is 30.9 Å². The van der Waals surface area contributed by atoms with E-state index in [0.29, 0.717) is 18.6 Å². The zero-order valence-electron chi connectivity index (χ0n) is 13.1. The Balaban J connectivity index is 1.58. The van der Waals surface area contributed by atoms with E-state index in [-0.39, 0.29) is 29.8 Å². The molecule has 3 heterocycles. The van der Waals surface area contributed by atoms with Crippen molar-refractivity contribution in [3.63, 3.8) is 0 Å². The number of rotatable bonds is 4. The van der Waals surface area contributed by atoms with Gasteiger partial charge in [0, 0.05) is 31.2 Å². The Morgan fingerprint density at radius 2 is 2.29 bits per heavy atom. The van der Waals surface area contributed by atoms with Gasteiger partial charge in [-0.2, -0.15) is 10.1 Å². The number of nitrogens with zero attached hydrogens (tertiary/aromatic N) is 6. The first-order chi connectivity index (χ1) is 11.6. The molecule has 0 bridgehead atoms. The zero-order valence-corrected chi connectivity index (χ0v) is 13.1. The summed E-state index contributed by atoms with van der Waals surface area (Å²) in [5.41, 5.74) is 0.907. The first kappa shape index (κ1) is 14.8. The van der Waals surface area contributed by atoms with Crippen molar-refractivity contribution in [3.8, 4) is 0 Å². The van der Waals surface area contributed by atoms with Gasteiger partial charge in [-0.05, 0) is 24.8 Å². The highest BCUT2D eigenvalue weighted by Gasteiger charge is 2.36. The Bertz CT molecular complexity index is 848. The molecule has 4 rings (SSSR count). The van der Waals surface area contributed by atoms with Gasteiger partial charge in [-0.25, -0.2) is 9.50 Å². The Hall–Kier alpha value is -2.81. The third-order valence-corrected chi connectivity index (χ3v) is 4.31. The number of aliphatic hydroxyl groups is 1. The highest BCUT2D eigenvalue weighted by molar-refractivity contribution is 5.91. The molecule has 1 aliphatic rings. The van der Waals surface area contributed by atoms with Gasteiger partial charge in [0.1, 0.15) is 0 Å². The standard InChI is InChI=1S/C15H17N7O2/c1-21-8-10(7-17-21)12(9-5-11(23)6-9)18-14(24)13-19-15-16-3-2-4-22(15)20-13/h2-4,7-9,11-12,23H,5-6H2,1H3,(H,18,24)/t9?,11?,12-/m0/s1. The van der Waals surface area contributed by atoms with E-state index in [4.69, 9.17) is 0 Å². The second-order valence-corrected chi connectivity index (χ2v) is 6.08. The van der Waals surface area contributed by atoms with E-state index < -0.39 is 0 Å². The Labute approximate surface area is 137 Å². The molecule has 1 atom stereocenters. The van der Waals surface area contributed by atoms with Crippen molar-refractivity contribution in [2.75, 3.05) is 0 Å². The minimum Gasteiger partial charge on any atom is -0.393 e. The topological polar surface area (TPSA) is 110 Å². The molecule has 0 saturated heterocycles. The van der Waals surface area contributed by atoms with E-state index in [2.05, 4.69) is 25.5 Å². The molecule has 0 unspecified atom stereocenters. The van der Waals surface area contributed by atoms with Gasteiger partial charge in [0.2, 0.25) is 5.82 Å². The summed E-state index contributed by atoms with van der Waals surface area (Å²) in [5.74, 6) is 0.251. The monoisotopic (exact) mass is 327 g/mol. The lowest BCUT2D eigenvalue weighted by Gasteiger charge is -2.37. The number of aromatic nitrogens is 6. The summed E-state index contributed by atoms with van der Waals surface area (Å²) < 4.78 is 3.15. The maximum Gasteiger partial charge on any atom is 0.291 e.